The fourth-order valence-electron chi connectivity index (χ4n) is 4.20. The first-order valence-electron chi connectivity index (χ1n) is 12.4. The number of carbonyl (C=O) groups is 2. The Morgan fingerprint density at radius 3 is 2.05 bits per heavy atom. The van der Waals surface area contributed by atoms with Crippen molar-refractivity contribution in [2.75, 3.05) is 23.3 Å². The van der Waals surface area contributed by atoms with Crippen LogP contribution in [0.5, 0.6) is 5.75 Å². The largest absolute Gasteiger partial charge is 0.469 e. The summed E-state index contributed by atoms with van der Waals surface area (Å²) in [4.78, 5) is 30.4. The molecule has 1 atom stereocenters. The van der Waals surface area contributed by atoms with E-state index in [2.05, 4.69) is 24.1 Å². The van der Waals surface area contributed by atoms with E-state index in [1.165, 1.54) is 6.07 Å². The Kier molecular flexibility index (Phi) is 9.27. The Morgan fingerprint density at radius 1 is 0.892 bits per heavy atom. The van der Waals surface area contributed by atoms with Gasteiger partial charge in [-0.1, -0.05) is 74.3 Å². The molecule has 0 saturated heterocycles. The van der Waals surface area contributed by atoms with Gasteiger partial charge in [-0.25, -0.2) is 0 Å². The lowest BCUT2D eigenvalue weighted by Gasteiger charge is -2.36. The van der Waals surface area contributed by atoms with Crippen molar-refractivity contribution in [3.8, 4) is 5.75 Å². The third-order valence-corrected chi connectivity index (χ3v) is 6.70. The maximum Gasteiger partial charge on any atom is 0.276 e. The van der Waals surface area contributed by atoms with E-state index in [0.717, 1.165) is 24.3 Å². The van der Waals surface area contributed by atoms with Gasteiger partial charge in [0.15, 0.2) is 5.78 Å². The molecule has 0 bridgehead atoms. The number of benzene rings is 3. The van der Waals surface area contributed by atoms with Gasteiger partial charge in [0.2, 0.25) is 5.60 Å². The molecule has 0 saturated carbocycles. The first-order valence-corrected chi connectivity index (χ1v) is 13.1. The van der Waals surface area contributed by atoms with E-state index in [4.69, 9.17) is 27.9 Å². The topological polar surface area (TPSA) is 58.6 Å². The number of halogens is 2. The third-order valence-electron chi connectivity index (χ3n) is 6.15. The molecule has 3 aromatic rings. The molecule has 196 valence electrons. The lowest BCUT2D eigenvalue weighted by Crippen LogP contribution is -2.59. The van der Waals surface area contributed by atoms with Crippen LogP contribution in [0.2, 0.25) is 10.0 Å². The second-order valence-electron chi connectivity index (χ2n) is 9.92. The van der Waals surface area contributed by atoms with Crippen LogP contribution in [0.15, 0.2) is 72.8 Å². The van der Waals surface area contributed by atoms with Gasteiger partial charge in [-0.2, -0.15) is 0 Å². The summed E-state index contributed by atoms with van der Waals surface area (Å²) in [6.07, 6.45) is 0.0353. The Bertz CT molecular complexity index is 1220. The molecule has 1 amide bonds. The normalized spacial score (nSPS) is 12.9. The van der Waals surface area contributed by atoms with Crippen LogP contribution in [0.3, 0.4) is 0 Å². The highest BCUT2D eigenvalue weighted by atomic mass is 35.5. The number of hydrogen-bond donors (Lipinski definition) is 1. The first kappa shape index (κ1) is 28.5. The zero-order valence-electron chi connectivity index (χ0n) is 22.0. The van der Waals surface area contributed by atoms with Crippen LogP contribution in [-0.4, -0.2) is 30.4 Å². The SMILES string of the molecule is CCN(CC)c1ccc(CC(Oc2ccccc2)(C(=O)Nc2ccc(Cl)cc2Cl)C(=O)C(C)(C)C)cc1. The molecule has 5 nitrogen and oxygen atoms in total. The standard InChI is InChI=1S/C30H34Cl2N2O3/c1-6-34(7-2)23-16-13-21(14-17-23)20-30(27(35)29(3,4)5,37-24-11-9-8-10-12-24)28(36)33-26-18-15-22(31)19-25(26)32/h8-19H,6-7,20H2,1-5H3,(H,33,36). The van der Waals surface area contributed by atoms with Crippen LogP contribution in [0.1, 0.15) is 40.2 Å². The zero-order valence-corrected chi connectivity index (χ0v) is 23.5. The average Bonchev–Trinajstić information content (AvgIpc) is 2.86. The maximum atomic E-state index is 14.1. The molecular formula is C30H34Cl2N2O3. The minimum Gasteiger partial charge on any atom is -0.469 e. The number of ether oxygens (including phenoxy) is 1. The number of nitrogens with one attached hydrogen (secondary N) is 1. The van der Waals surface area contributed by atoms with Crippen LogP contribution in [0.4, 0.5) is 11.4 Å². The monoisotopic (exact) mass is 540 g/mol. The summed E-state index contributed by atoms with van der Waals surface area (Å²) in [5.41, 5.74) is -0.531. The van der Waals surface area contributed by atoms with Gasteiger partial charge in [0.25, 0.3) is 5.91 Å². The predicted molar refractivity (Wildman–Crippen MR) is 153 cm³/mol. The number of Topliss-reactive ketones (excluding diaryl/α,β-unsaturated/α-hetero) is 1. The fourth-order valence-corrected chi connectivity index (χ4v) is 4.66. The highest BCUT2D eigenvalue weighted by Crippen LogP contribution is 2.34. The molecule has 0 aliphatic rings. The van der Waals surface area contributed by atoms with Gasteiger partial charge in [0.1, 0.15) is 5.75 Å². The molecule has 1 unspecified atom stereocenters. The molecule has 0 fully saturated rings. The summed E-state index contributed by atoms with van der Waals surface area (Å²) < 4.78 is 6.37. The van der Waals surface area contributed by atoms with Gasteiger partial charge >= 0.3 is 0 Å². The second-order valence-corrected chi connectivity index (χ2v) is 10.8. The predicted octanol–water partition coefficient (Wildman–Crippen LogP) is 7.45. The van der Waals surface area contributed by atoms with E-state index < -0.39 is 16.9 Å². The third kappa shape index (κ3) is 6.85. The molecule has 7 heteroatoms. The first-order chi connectivity index (χ1) is 17.5. The zero-order chi connectivity index (χ0) is 27.2. The maximum absolute atomic E-state index is 14.1. The van der Waals surface area contributed by atoms with Gasteiger partial charge in [-0.3, -0.25) is 9.59 Å². The quantitative estimate of drug-likeness (QED) is 0.271. The molecule has 3 rings (SSSR count). The van der Waals surface area contributed by atoms with Crippen molar-refractivity contribution in [3.05, 3.63) is 88.4 Å². The second kappa shape index (κ2) is 12.0. The Hall–Kier alpha value is -3.02. The molecule has 0 aliphatic carbocycles. The number of anilines is 2. The van der Waals surface area contributed by atoms with Crippen LogP contribution in [0.25, 0.3) is 0 Å². The summed E-state index contributed by atoms with van der Waals surface area (Å²) in [6, 6.07) is 21.6. The smallest absolute Gasteiger partial charge is 0.276 e. The van der Waals surface area contributed by atoms with Gasteiger partial charge in [0, 0.05) is 35.6 Å². The van der Waals surface area contributed by atoms with Gasteiger partial charge < -0.3 is 15.0 Å². The minimum absolute atomic E-state index is 0.0353. The lowest BCUT2D eigenvalue weighted by atomic mass is 9.76. The summed E-state index contributed by atoms with van der Waals surface area (Å²) in [5, 5.41) is 3.54. The van der Waals surface area contributed by atoms with Crippen molar-refractivity contribution in [3.63, 3.8) is 0 Å². The van der Waals surface area contributed by atoms with Gasteiger partial charge in [0.05, 0.1) is 10.7 Å². The Labute approximate surface area is 229 Å². The van der Waals surface area contributed by atoms with E-state index in [1.807, 2.05) is 30.3 Å². The van der Waals surface area contributed by atoms with Crippen molar-refractivity contribution >= 4 is 46.3 Å². The Morgan fingerprint density at radius 2 is 1.51 bits per heavy atom. The number of amides is 1. The molecule has 1 N–H and O–H groups in total. The molecule has 0 radical (unpaired) electrons. The molecular weight excluding hydrogens is 507 g/mol. The summed E-state index contributed by atoms with van der Waals surface area (Å²) in [7, 11) is 0. The van der Waals surface area contributed by atoms with Gasteiger partial charge in [-0.05, 0) is 61.9 Å². The van der Waals surface area contributed by atoms with E-state index in [-0.39, 0.29) is 17.2 Å². The summed E-state index contributed by atoms with van der Waals surface area (Å²) in [5.74, 6) is -0.537. The van der Waals surface area contributed by atoms with Crippen LogP contribution in [-0.2, 0) is 16.0 Å². The highest BCUT2D eigenvalue weighted by molar-refractivity contribution is 6.37. The van der Waals surface area contributed by atoms with Gasteiger partial charge in [-0.15, -0.1) is 0 Å². The summed E-state index contributed by atoms with van der Waals surface area (Å²) in [6.45, 7) is 11.3. The number of hydrogen-bond acceptors (Lipinski definition) is 4. The number of rotatable bonds is 10. The number of nitrogens with zero attached hydrogens (tertiary/aromatic N) is 1. The van der Waals surface area contributed by atoms with Crippen molar-refractivity contribution < 1.29 is 14.3 Å². The molecule has 37 heavy (non-hydrogen) atoms. The van der Waals surface area contributed by atoms with Crippen LogP contribution < -0.4 is 15.0 Å². The minimum atomic E-state index is -1.86. The lowest BCUT2D eigenvalue weighted by molar-refractivity contribution is -0.151. The highest BCUT2D eigenvalue weighted by Gasteiger charge is 2.52. The molecule has 0 heterocycles. The molecule has 0 spiro atoms. The number of para-hydroxylation sites is 1. The van der Waals surface area contributed by atoms with Crippen molar-refractivity contribution in [1.82, 2.24) is 0 Å². The van der Waals surface area contributed by atoms with E-state index in [0.29, 0.717) is 16.5 Å². The fraction of sp³-hybridized carbons (Fsp3) is 0.333. The van der Waals surface area contributed by atoms with E-state index >= 15 is 0 Å². The van der Waals surface area contributed by atoms with E-state index in [9.17, 15) is 9.59 Å². The van der Waals surface area contributed by atoms with Crippen LogP contribution in [0, 0.1) is 5.41 Å². The Balaban J connectivity index is 2.11. The molecule has 0 aliphatic heterocycles. The number of carbonyl (C=O) groups excluding carboxylic acids is 2. The van der Waals surface area contributed by atoms with E-state index in [1.54, 1.807) is 57.2 Å². The van der Waals surface area contributed by atoms with Crippen molar-refractivity contribution in [2.45, 2.75) is 46.6 Å². The van der Waals surface area contributed by atoms with Crippen molar-refractivity contribution in [2.24, 2.45) is 5.41 Å². The molecule has 3 aromatic carbocycles. The summed E-state index contributed by atoms with van der Waals surface area (Å²) >= 11 is 12.4. The molecule has 0 aromatic heterocycles. The van der Waals surface area contributed by atoms with Crippen molar-refractivity contribution in [1.29, 1.82) is 0 Å². The van der Waals surface area contributed by atoms with Crippen LogP contribution >= 0.6 is 23.2 Å². The number of ketones is 1. The average molecular weight is 542 g/mol.